The number of hydrogen-bond acceptors (Lipinski definition) is 3. The molecule has 5 heteroatoms. The molecular weight excluding hydrogens is 326 g/mol. The van der Waals surface area contributed by atoms with Crippen LogP contribution >= 0.6 is 0 Å². The van der Waals surface area contributed by atoms with Crippen LogP contribution in [0.25, 0.3) is 10.9 Å². The van der Waals surface area contributed by atoms with Crippen LogP contribution in [0.4, 0.5) is 0 Å². The van der Waals surface area contributed by atoms with Crippen molar-refractivity contribution in [2.75, 3.05) is 32.8 Å². The Morgan fingerprint density at radius 1 is 1.27 bits per heavy atom. The molecule has 2 aromatic rings. The lowest BCUT2D eigenvalue weighted by Crippen LogP contribution is -2.47. The molecule has 1 saturated heterocycles. The predicted molar refractivity (Wildman–Crippen MR) is 106 cm³/mol. The summed E-state index contributed by atoms with van der Waals surface area (Å²) in [4.78, 5) is 18.5. The Hall–Kier alpha value is -1.85. The minimum absolute atomic E-state index is 0.106. The standard InChI is InChI=1S/C21H31N3O2/c1-5-17(13-24-6-8-26-9-7-24)23-20(25)12-18-16(4)22-19-11-14(2)10-15(3)21(18)19/h10-11,17,22H,5-9,12-13H2,1-4H3,(H,23,25)/t17-/m1/s1. The second-order valence-corrected chi connectivity index (χ2v) is 7.50. The van der Waals surface area contributed by atoms with Gasteiger partial charge in [0.2, 0.25) is 5.91 Å². The number of amides is 1. The average Bonchev–Trinajstić information content (AvgIpc) is 2.90. The van der Waals surface area contributed by atoms with E-state index in [0.29, 0.717) is 6.42 Å². The van der Waals surface area contributed by atoms with Gasteiger partial charge in [-0.1, -0.05) is 13.0 Å². The van der Waals surface area contributed by atoms with Crippen molar-refractivity contribution < 1.29 is 9.53 Å². The van der Waals surface area contributed by atoms with Crippen LogP contribution in [-0.4, -0.2) is 54.7 Å². The van der Waals surface area contributed by atoms with Gasteiger partial charge in [0, 0.05) is 42.3 Å². The van der Waals surface area contributed by atoms with Gasteiger partial charge in [0.1, 0.15) is 0 Å². The van der Waals surface area contributed by atoms with Crippen molar-refractivity contribution in [3.8, 4) is 0 Å². The van der Waals surface area contributed by atoms with Crippen LogP contribution in [0.3, 0.4) is 0 Å². The highest BCUT2D eigenvalue weighted by Gasteiger charge is 2.19. The Morgan fingerprint density at radius 3 is 2.69 bits per heavy atom. The summed E-state index contributed by atoms with van der Waals surface area (Å²) in [6.45, 7) is 12.8. The number of fused-ring (bicyclic) bond motifs is 1. The summed E-state index contributed by atoms with van der Waals surface area (Å²) >= 11 is 0. The number of rotatable bonds is 6. The SMILES string of the molecule is CC[C@H](CN1CCOCC1)NC(=O)Cc1c(C)[nH]c2cc(C)cc(C)c12. The highest BCUT2D eigenvalue weighted by atomic mass is 16.5. The molecular formula is C21H31N3O2. The predicted octanol–water partition coefficient (Wildman–Crippen LogP) is 2.86. The van der Waals surface area contributed by atoms with Crippen LogP contribution in [0.2, 0.25) is 0 Å². The van der Waals surface area contributed by atoms with Crippen LogP contribution in [0.15, 0.2) is 12.1 Å². The average molecular weight is 357 g/mol. The quantitative estimate of drug-likeness (QED) is 0.836. The monoisotopic (exact) mass is 357 g/mol. The van der Waals surface area contributed by atoms with Crippen molar-refractivity contribution in [2.24, 2.45) is 0 Å². The molecule has 0 radical (unpaired) electrons. The first-order valence-electron chi connectivity index (χ1n) is 9.65. The van der Waals surface area contributed by atoms with Crippen LogP contribution in [-0.2, 0) is 16.0 Å². The zero-order valence-electron chi connectivity index (χ0n) is 16.4. The number of ether oxygens (including phenoxy) is 1. The van der Waals surface area contributed by atoms with E-state index in [1.807, 2.05) is 0 Å². The van der Waals surface area contributed by atoms with E-state index >= 15 is 0 Å². The molecule has 0 spiro atoms. The Bertz CT molecular complexity index is 775. The molecule has 1 amide bonds. The zero-order valence-corrected chi connectivity index (χ0v) is 16.4. The topological polar surface area (TPSA) is 57.4 Å². The number of H-pyrrole nitrogens is 1. The Kier molecular flexibility index (Phi) is 5.99. The van der Waals surface area contributed by atoms with Crippen LogP contribution < -0.4 is 5.32 Å². The fraction of sp³-hybridized carbons (Fsp3) is 0.571. The summed E-state index contributed by atoms with van der Waals surface area (Å²) in [7, 11) is 0. The van der Waals surface area contributed by atoms with Gasteiger partial charge in [-0.2, -0.15) is 0 Å². The maximum Gasteiger partial charge on any atom is 0.224 e. The summed E-state index contributed by atoms with van der Waals surface area (Å²) < 4.78 is 5.41. The molecule has 26 heavy (non-hydrogen) atoms. The smallest absolute Gasteiger partial charge is 0.224 e. The van der Waals surface area contributed by atoms with Gasteiger partial charge in [-0.05, 0) is 49.9 Å². The van der Waals surface area contributed by atoms with Crippen molar-refractivity contribution >= 4 is 16.8 Å². The fourth-order valence-corrected chi connectivity index (χ4v) is 3.96. The minimum atomic E-state index is 0.106. The van der Waals surface area contributed by atoms with Crippen molar-refractivity contribution in [1.82, 2.24) is 15.2 Å². The number of aromatic nitrogens is 1. The van der Waals surface area contributed by atoms with Crippen LogP contribution in [0.1, 0.15) is 35.7 Å². The first kappa shape index (κ1) is 18.9. The van der Waals surface area contributed by atoms with Gasteiger partial charge in [0.15, 0.2) is 0 Å². The van der Waals surface area contributed by atoms with Crippen molar-refractivity contribution in [3.63, 3.8) is 0 Å². The number of morpholine rings is 1. The molecule has 1 atom stereocenters. The minimum Gasteiger partial charge on any atom is -0.379 e. The third kappa shape index (κ3) is 4.27. The molecule has 0 aliphatic carbocycles. The van der Waals surface area contributed by atoms with E-state index in [1.54, 1.807) is 0 Å². The van der Waals surface area contributed by atoms with E-state index in [-0.39, 0.29) is 11.9 Å². The lowest BCUT2D eigenvalue weighted by molar-refractivity contribution is -0.121. The summed E-state index contributed by atoms with van der Waals surface area (Å²) in [6, 6.07) is 4.53. The number of benzene rings is 1. The number of aryl methyl sites for hydroxylation is 3. The van der Waals surface area contributed by atoms with Crippen LogP contribution in [0, 0.1) is 20.8 Å². The number of hydrogen-bond donors (Lipinski definition) is 2. The van der Waals surface area contributed by atoms with Gasteiger partial charge < -0.3 is 15.0 Å². The summed E-state index contributed by atoms with van der Waals surface area (Å²) in [6.07, 6.45) is 1.36. The molecule has 5 nitrogen and oxygen atoms in total. The van der Waals surface area contributed by atoms with E-state index in [1.165, 1.54) is 16.5 Å². The van der Waals surface area contributed by atoms with E-state index in [9.17, 15) is 4.79 Å². The molecule has 1 aliphatic heterocycles. The lowest BCUT2D eigenvalue weighted by Gasteiger charge is -2.30. The first-order valence-corrected chi connectivity index (χ1v) is 9.65. The van der Waals surface area contributed by atoms with E-state index < -0.39 is 0 Å². The van der Waals surface area contributed by atoms with E-state index in [0.717, 1.165) is 56.0 Å². The molecule has 142 valence electrons. The molecule has 2 heterocycles. The van der Waals surface area contributed by atoms with Gasteiger partial charge in [-0.3, -0.25) is 9.69 Å². The summed E-state index contributed by atoms with van der Waals surface area (Å²) in [5, 5.41) is 4.44. The second-order valence-electron chi connectivity index (χ2n) is 7.50. The largest absolute Gasteiger partial charge is 0.379 e. The third-order valence-electron chi connectivity index (χ3n) is 5.33. The molecule has 1 aliphatic rings. The first-order chi connectivity index (χ1) is 12.5. The lowest BCUT2D eigenvalue weighted by atomic mass is 10.0. The summed E-state index contributed by atoms with van der Waals surface area (Å²) in [5.41, 5.74) is 5.81. The van der Waals surface area contributed by atoms with Gasteiger partial charge in [0.25, 0.3) is 0 Å². The molecule has 3 rings (SSSR count). The maximum absolute atomic E-state index is 12.7. The molecule has 1 aromatic heterocycles. The van der Waals surface area contributed by atoms with Crippen molar-refractivity contribution in [1.29, 1.82) is 0 Å². The third-order valence-corrected chi connectivity index (χ3v) is 5.33. The molecule has 1 fully saturated rings. The van der Waals surface area contributed by atoms with E-state index in [2.05, 4.69) is 55.0 Å². The highest BCUT2D eigenvalue weighted by Crippen LogP contribution is 2.27. The van der Waals surface area contributed by atoms with E-state index in [4.69, 9.17) is 4.74 Å². The zero-order chi connectivity index (χ0) is 18.7. The number of carbonyl (C=O) groups excluding carboxylic acids is 1. The van der Waals surface area contributed by atoms with Gasteiger partial charge in [-0.15, -0.1) is 0 Å². The number of nitrogens with zero attached hydrogens (tertiary/aromatic N) is 1. The van der Waals surface area contributed by atoms with Crippen molar-refractivity contribution in [3.05, 3.63) is 34.5 Å². The number of aromatic amines is 1. The van der Waals surface area contributed by atoms with Gasteiger partial charge in [0.05, 0.1) is 19.6 Å². The number of nitrogens with one attached hydrogen (secondary N) is 2. The second kappa shape index (κ2) is 8.23. The van der Waals surface area contributed by atoms with Crippen LogP contribution in [0.5, 0.6) is 0 Å². The molecule has 2 N–H and O–H groups in total. The van der Waals surface area contributed by atoms with Gasteiger partial charge in [-0.25, -0.2) is 0 Å². The molecule has 0 saturated carbocycles. The fourth-order valence-electron chi connectivity index (χ4n) is 3.96. The molecule has 0 bridgehead atoms. The number of carbonyl (C=O) groups is 1. The maximum atomic E-state index is 12.7. The Morgan fingerprint density at radius 2 is 2.00 bits per heavy atom. The Balaban J connectivity index is 1.69. The highest BCUT2D eigenvalue weighted by molar-refractivity contribution is 5.92. The molecule has 1 aromatic carbocycles. The normalized spacial score (nSPS) is 16.8. The van der Waals surface area contributed by atoms with Gasteiger partial charge >= 0.3 is 0 Å². The van der Waals surface area contributed by atoms with Crippen molar-refractivity contribution in [2.45, 2.75) is 46.6 Å². The molecule has 0 unspecified atom stereocenters. The summed E-state index contributed by atoms with van der Waals surface area (Å²) in [5.74, 6) is 0.106. The Labute approximate surface area is 156 Å².